The number of para-hydroxylation sites is 2. The van der Waals surface area contributed by atoms with Crippen LogP contribution in [0.1, 0.15) is 11.1 Å². The monoisotopic (exact) mass is 460 g/mol. The van der Waals surface area contributed by atoms with Gasteiger partial charge in [0.05, 0.1) is 23.3 Å². The van der Waals surface area contributed by atoms with Gasteiger partial charge in [0.1, 0.15) is 22.3 Å². The summed E-state index contributed by atoms with van der Waals surface area (Å²) >= 11 is 0. The van der Waals surface area contributed by atoms with Crippen molar-refractivity contribution in [1.29, 1.82) is 10.5 Å². The molecule has 0 aliphatic carbocycles. The molecule has 166 valence electrons. The summed E-state index contributed by atoms with van der Waals surface area (Å²) in [6, 6.07) is 35.6. The third kappa shape index (κ3) is 2.79. The third-order valence-corrected chi connectivity index (χ3v) is 6.71. The molecule has 7 aromatic rings. The van der Waals surface area contributed by atoms with Gasteiger partial charge in [-0.1, -0.05) is 60.7 Å². The fourth-order valence-corrected chi connectivity index (χ4v) is 5.21. The van der Waals surface area contributed by atoms with E-state index in [1.54, 1.807) is 12.1 Å². The van der Waals surface area contributed by atoms with Crippen LogP contribution in [0.3, 0.4) is 0 Å². The van der Waals surface area contributed by atoms with Gasteiger partial charge < -0.3 is 8.83 Å². The Morgan fingerprint density at radius 3 is 1.39 bits per heavy atom. The molecule has 0 atom stereocenters. The van der Waals surface area contributed by atoms with Crippen molar-refractivity contribution in [3.8, 4) is 34.4 Å². The zero-order valence-electron chi connectivity index (χ0n) is 18.9. The van der Waals surface area contributed by atoms with Crippen molar-refractivity contribution >= 4 is 43.9 Å². The minimum absolute atomic E-state index is 0.573. The highest BCUT2D eigenvalue weighted by Gasteiger charge is 2.26. The Hall–Kier alpha value is -5.32. The third-order valence-electron chi connectivity index (χ3n) is 6.71. The highest BCUT2D eigenvalue weighted by molar-refractivity contribution is 6.30. The van der Waals surface area contributed by atoms with Crippen LogP contribution in [-0.2, 0) is 0 Å². The van der Waals surface area contributed by atoms with Crippen molar-refractivity contribution in [1.82, 2.24) is 0 Å². The van der Waals surface area contributed by atoms with Crippen molar-refractivity contribution in [3.05, 3.63) is 108 Å². The molecule has 0 saturated heterocycles. The first-order valence-electron chi connectivity index (χ1n) is 11.6. The summed E-state index contributed by atoms with van der Waals surface area (Å²) in [5.41, 5.74) is 7.66. The molecule has 0 bridgehead atoms. The largest absolute Gasteiger partial charge is 0.455 e. The quantitative estimate of drug-likeness (QED) is 0.259. The van der Waals surface area contributed by atoms with E-state index in [0.717, 1.165) is 66.1 Å². The van der Waals surface area contributed by atoms with E-state index in [1.807, 2.05) is 84.9 Å². The second-order valence-corrected chi connectivity index (χ2v) is 8.74. The van der Waals surface area contributed by atoms with Gasteiger partial charge in [-0.25, -0.2) is 0 Å². The number of nitriles is 2. The zero-order chi connectivity index (χ0) is 24.2. The summed E-state index contributed by atoms with van der Waals surface area (Å²) in [5.74, 6) is 0. The molecule has 0 spiro atoms. The number of benzene rings is 5. The SMILES string of the molecule is N#Cc1cccc(-c2c3oc4ccccc4c3c(-c3cccc(C#N)c3)c3oc4ccccc4c23)c1. The van der Waals surface area contributed by atoms with Crippen molar-refractivity contribution in [2.45, 2.75) is 0 Å². The topological polar surface area (TPSA) is 73.9 Å². The van der Waals surface area contributed by atoms with Crippen molar-refractivity contribution in [3.63, 3.8) is 0 Å². The van der Waals surface area contributed by atoms with Gasteiger partial charge in [-0.2, -0.15) is 10.5 Å². The number of nitrogens with zero attached hydrogens (tertiary/aromatic N) is 2. The first kappa shape index (κ1) is 20.1. The highest BCUT2D eigenvalue weighted by atomic mass is 16.3. The number of hydrogen-bond acceptors (Lipinski definition) is 4. The molecule has 0 N–H and O–H groups in total. The lowest BCUT2D eigenvalue weighted by Gasteiger charge is -2.11. The van der Waals surface area contributed by atoms with Crippen LogP contribution in [0.4, 0.5) is 0 Å². The molecule has 2 heterocycles. The normalized spacial score (nSPS) is 11.3. The summed E-state index contributed by atoms with van der Waals surface area (Å²) < 4.78 is 13.1. The van der Waals surface area contributed by atoms with Crippen molar-refractivity contribution in [2.24, 2.45) is 0 Å². The highest BCUT2D eigenvalue weighted by Crippen LogP contribution is 2.50. The van der Waals surface area contributed by atoms with Crippen LogP contribution in [0.2, 0.25) is 0 Å². The fourth-order valence-electron chi connectivity index (χ4n) is 5.21. The van der Waals surface area contributed by atoms with E-state index in [1.165, 1.54) is 0 Å². The lowest BCUT2D eigenvalue weighted by Crippen LogP contribution is -1.88. The molecule has 36 heavy (non-hydrogen) atoms. The minimum Gasteiger partial charge on any atom is -0.455 e. The van der Waals surface area contributed by atoms with Gasteiger partial charge in [-0.3, -0.25) is 0 Å². The van der Waals surface area contributed by atoms with E-state index < -0.39 is 0 Å². The van der Waals surface area contributed by atoms with Crippen LogP contribution in [-0.4, -0.2) is 0 Å². The Bertz CT molecular complexity index is 1930. The molecule has 4 heteroatoms. The molecule has 0 fully saturated rings. The summed E-state index contributed by atoms with van der Waals surface area (Å²) in [6.45, 7) is 0. The molecule has 0 saturated carbocycles. The smallest absolute Gasteiger partial charge is 0.144 e. The molecule has 0 unspecified atom stereocenters. The van der Waals surface area contributed by atoms with Crippen LogP contribution in [0, 0.1) is 22.7 Å². The number of hydrogen-bond donors (Lipinski definition) is 0. The Morgan fingerprint density at radius 2 is 0.944 bits per heavy atom. The van der Waals surface area contributed by atoms with E-state index >= 15 is 0 Å². The Balaban J connectivity index is 1.79. The lowest BCUT2D eigenvalue weighted by atomic mass is 9.89. The summed E-state index contributed by atoms with van der Waals surface area (Å²) in [5, 5.41) is 23.0. The predicted octanol–water partition coefficient (Wildman–Crippen LogP) is 8.56. The van der Waals surface area contributed by atoms with Gasteiger partial charge in [0.25, 0.3) is 0 Å². The molecule has 0 aliphatic heterocycles. The van der Waals surface area contributed by atoms with Gasteiger partial charge in [0, 0.05) is 32.7 Å². The molecular weight excluding hydrogens is 444 g/mol. The Morgan fingerprint density at radius 1 is 0.500 bits per heavy atom. The summed E-state index contributed by atoms with van der Waals surface area (Å²) in [6.07, 6.45) is 0. The van der Waals surface area contributed by atoms with E-state index in [2.05, 4.69) is 12.1 Å². The molecule has 5 aromatic carbocycles. The van der Waals surface area contributed by atoms with E-state index in [4.69, 9.17) is 8.83 Å². The fraction of sp³-hybridized carbons (Fsp3) is 0. The maximum absolute atomic E-state index is 9.61. The van der Waals surface area contributed by atoms with Crippen molar-refractivity contribution < 1.29 is 8.83 Å². The molecular formula is C32H16N2O2. The molecule has 4 nitrogen and oxygen atoms in total. The van der Waals surface area contributed by atoms with Gasteiger partial charge in [0.2, 0.25) is 0 Å². The van der Waals surface area contributed by atoms with Crippen LogP contribution in [0.5, 0.6) is 0 Å². The van der Waals surface area contributed by atoms with Gasteiger partial charge in [-0.15, -0.1) is 0 Å². The van der Waals surface area contributed by atoms with Gasteiger partial charge >= 0.3 is 0 Å². The average Bonchev–Trinajstić information content (AvgIpc) is 3.50. The average molecular weight is 460 g/mol. The molecule has 0 aliphatic rings. The first-order valence-corrected chi connectivity index (χ1v) is 11.6. The first-order chi connectivity index (χ1) is 17.8. The molecule has 0 amide bonds. The molecule has 2 aromatic heterocycles. The second kappa shape index (κ2) is 7.60. The minimum atomic E-state index is 0.573. The standard InChI is InChI=1S/C32H16N2O2/c33-17-19-7-5-9-21(15-19)27-29-23-11-1-3-13-25(23)35-31(29)28(22-10-6-8-20(16-22)18-34)30-24-12-2-4-14-26(24)36-32(27)30/h1-16H. The zero-order valence-corrected chi connectivity index (χ0v) is 18.9. The lowest BCUT2D eigenvalue weighted by molar-refractivity contribution is 0.665. The number of fused-ring (bicyclic) bond motifs is 6. The van der Waals surface area contributed by atoms with Gasteiger partial charge in [0.15, 0.2) is 0 Å². The number of rotatable bonds is 2. The number of furan rings is 2. The maximum Gasteiger partial charge on any atom is 0.144 e. The predicted molar refractivity (Wildman–Crippen MR) is 141 cm³/mol. The van der Waals surface area contributed by atoms with Gasteiger partial charge in [-0.05, 0) is 47.5 Å². The van der Waals surface area contributed by atoms with E-state index in [9.17, 15) is 10.5 Å². The van der Waals surface area contributed by atoms with Crippen LogP contribution in [0.15, 0.2) is 106 Å². The van der Waals surface area contributed by atoms with Crippen LogP contribution >= 0.6 is 0 Å². The Labute approximate surface area is 205 Å². The second-order valence-electron chi connectivity index (χ2n) is 8.74. The Kier molecular flexibility index (Phi) is 4.24. The van der Waals surface area contributed by atoms with E-state index in [-0.39, 0.29) is 0 Å². The van der Waals surface area contributed by atoms with Crippen LogP contribution in [0.25, 0.3) is 66.1 Å². The van der Waals surface area contributed by atoms with E-state index in [0.29, 0.717) is 11.1 Å². The molecule has 0 radical (unpaired) electrons. The molecule has 7 rings (SSSR count). The van der Waals surface area contributed by atoms with Crippen molar-refractivity contribution in [2.75, 3.05) is 0 Å². The summed E-state index contributed by atoms with van der Waals surface area (Å²) in [7, 11) is 0. The summed E-state index contributed by atoms with van der Waals surface area (Å²) in [4.78, 5) is 0. The van der Waals surface area contributed by atoms with Crippen LogP contribution < -0.4 is 0 Å². The maximum atomic E-state index is 9.61.